The number of aliphatic hydroxyl groups excluding tert-OH is 2. The first-order valence-corrected chi connectivity index (χ1v) is 8.23. The molecule has 0 aliphatic rings. The van der Waals surface area contributed by atoms with Gasteiger partial charge in [-0.1, -0.05) is 54.6 Å². The van der Waals surface area contributed by atoms with Crippen LogP contribution in [0.25, 0.3) is 0 Å². The van der Waals surface area contributed by atoms with Crippen molar-refractivity contribution in [1.82, 2.24) is 0 Å². The van der Waals surface area contributed by atoms with Crippen LogP contribution in [-0.4, -0.2) is 40.5 Å². The Morgan fingerprint density at radius 3 is 1.77 bits per heavy atom. The Labute approximate surface area is 163 Å². The minimum Gasteiger partial charge on any atom is -0.396 e. The number of nitrogens with two attached hydrogens (primary N) is 1. The lowest BCUT2D eigenvalue weighted by Crippen LogP contribution is -2.43. The predicted molar refractivity (Wildman–Crippen MR) is 106 cm³/mol. The Kier molecular flexibility index (Phi) is 8.81. The highest BCUT2D eigenvalue weighted by Gasteiger charge is 2.27. The molecule has 0 fully saturated rings. The third kappa shape index (κ3) is 5.85. The maximum atomic E-state index is 12.4. The van der Waals surface area contributed by atoms with Gasteiger partial charge in [0.2, 0.25) is 0 Å². The predicted octanol–water partition coefficient (Wildman–Crippen LogP) is 2.53. The lowest BCUT2D eigenvalue weighted by Gasteiger charge is -2.27. The maximum absolute atomic E-state index is 12.4. The van der Waals surface area contributed by atoms with Crippen molar-refractivity contribution in [2.24, 2.45) is 5.73 Å². The van der Waals surface area contributed by atoms with Crippen molar-refractivity contribution < 1.29 is 19.8 Å². The number of carbonyl (C=O) groups excluding carboxylic acids is 2. The molecular weight excluding hydrogens is 398 g/mol. The molecule has 0 saturated carbocycles. The largest absolute Gasteiger partial charge is 0.396 e. The number of carbonyl (C=O) groups is 2. The minimum atomic E-state index is -0.931. The molecule has 0 aliphatic carbocycles. The fourth-order valence-electron chi connectivity index (χ4n) is 2.73. The number of benzene rings is 2. The second-order valence-electron chi connectivity index (χ2n) is 6.18. The van der Waals surface area contributed by atoms with Crippen molar-refractivity contribution >= 4 is 28.5 Å². The molecule has 4 N–H and O–H groups in total. The molecule has 0 aliphatic heterocycles. The van der Waals surface area contributed by atoms with Gasteiger partial charge in [-0.05, 0) is 12.8 Å². The number of hydrogen-bond acceptors (Lipinski definition) is 5. The first kappa shape index (κ1) is 22.2. The molecule has 0 heterocycles. The minimum absolute atomic E-state index is 0. The molecule has 0 saturated heterocycles. The fourth-order valence-corrected chi connectivity index (χ4v) is 2.73. The summed E-state index contributed by atoms with van der Waals surface area (Å²) in [7, 11) is 0. The number of halogens is 1. The van der Waals surface area contributed by atoms with Gasteiger partial charge in [0.1, 0.15) is 0 Å². The summed E-state index contributed by atoms with van der Waals surface area (Å²) >= 11 is 0. The third-order valence-corrected chi connectivity index (χ3v) is 4.24. The summed E-state index contributed by atoms with van der Waals surface area (Å²) in [6.07, 6.45) is 0.508. The highest BCUT2D eigenvalue weighted by Crippen LogP contribution is 2.20. The highest BCUT2D eigenvalue weighted by molar-refractivity contribution is 8.93. The molecule has 0 spiro atoms. The first-order chi connectivity index (χ1) is 12.0. The van der Waals surface area contributed by atoms with E-state index >= 15 is 0 Å². The van der Waals surface area contributed by atoms with E-state index in [0.29, 0.717) is 16.7 Å². The number of rotatable bonds is 9. The third-order valence-electron chi connectivity index (χ3n) is 4.24. The summed E-state index contributed by atoms with van der Waals surface area (Å²) in [6, 6.07) is 15.4. The van der Waals surface area contributed by atoms with Gasteiger partial charge in [0.05, 0.1) is 0 Å². The molecule has 0 amide bonds. The van der Waals surface area contributed by atoms with E-state index in [4.69, 9.17) is 15.9 Å². The van der Waals surface area contributed by atoms with Gasteiger partial charge in [0.15, 0.2) is 11.6 Å². The molecule has 0 radical (unpaired) electrons. The van der Waals surface area contributed by atoms with Gasteiger partial charge in [-0.2, -0.15) is 0 Å². The van der Waals surface area contributed by atoms with Crippen LogP contribution in [0.3, 0.4) is 0 Å². The van der Waals surface area contributed by atoms with Gasteiger partial charge >= 0.3 is 0 Å². The van der Waals surface area contributed by atoms with Gasteiger partial charge < -0.3 is 15.9 Å². The molecule has 0 atom stereocenters. The van der Waals surface area contributed by atoms with E-state index in [1.54, 1.807) is 48.5 Å². The van der Waals surface area contributed by atoms with Crippen LogP contribution >= 0.6 is 17.0 Å². The molecular formula is C20H24BrNO4. The fraction of sp³-hybridized carbons (Fsp3) is 0.300. The van der Waals surface area contributed by atoms with Crippen molar-refractivity contribution in [1.29, 1.82) is 0 Å². The average Bonchev–Trinajstić information content (AvgIpc) is 2.62. The maximum Gasteiger partial charge on any atom is 0.193 e. The zero-order valence-corrected chi connectivity index (χ0v) is 16.1. The molecule has 26 heavy (non-hydrogen) atoms. The number of hydrogen-bond donors (Lipinski definition) is 3. The summed E-state index contributed by atoms with van der Waals surface area (Å²) in [5.74, 6) is -0.281. The van der Waals surface area contributed by atoms with E-state index < -0.39 is 5.54 Å². The van der Waals surface area contributed by atoms with Crippen LogP contribution in [0.15, 0.2) is 54.6 Å². The van der Waals surface area contributed by atoms with Crippen molar-refractivity contribution in [3.8, 4) is 0 Å². The van der Waals surface area contributed by atoms with Crippen molar-refractivity contribution in [2.45, 2.75) is 24.8 Å². The highest BCUT2D eigenvalue weighted by atomic mass is 79.9. The quantitative estimate of drug-likeness (QED) is 0.540. The van der Waals surface area contributed by atoms with Gasteiger partial charge in [-0.15, -0.1) is 17.0 Å². The van der Waals surface area contributed by atoms with Crippen molar-refractivity contribution in [3.63, 3.8) is 0 Å². The Morgan fingerprint density at radius 2 is 1.27 bits per heavy atom. The summed E-state index contributed by atoms with van der Waals surface area (Å²) in [5, 5.41) is 18.2. The van der Waals surface area contributed by atoms with Gasteiger partial charge in [-0.3, -0.25) is 9.59 Å². The van der Waals surface area contributed by atoms with E-state index in [1.807, 2.05) is 6.07 Å². The van der Waals surface area contributed by atoms with Crippen molar-refractivity contribution in [3.05, 3.63) is 71.3 Å². The van der Waals surface area contributed by atoms with Crippen LogP contribution in [0.4, 0.5) is 0 Å². The van der Waals surface area contributed by atoms with E-state index in [0.717, 1.165) is 0 Å². The lowest BCUT2D eigenvalue weighted by molar-refractivity contribution is 0.0921. The normalized spacial score (nSPS) is 10.9. The Hall–Kier alpha value is -1.86. The summed E-state index contributed by atoms with van der Waals surface area (Å²) in [5.41, 5.74) is 6.74. The van der Waals surface area contributed by atoms with Crippen LogP contribution in [0.5, 0.6) is 0 Å². The topological polar surface area (TPSA) is 101 Å². The second-order valence-corrected chi connectivity index (χ2v) is 6.18. The standard InChI is InChI=1S/C20H23NO4.BrH/c21-20(10-12-22,11-13-23)14-18(24)15-6-8-17(9-7-15)19(25)16-4-2-1-3-5-16;/h1-9,22-23H,10-14,21H2;1H. The molecule has 140 valence electrons. The van der Waals surface area contributed by atoms with Crippen LogP contribution < -0.4 is 5.73 Å². The van der Waals surface area contributed by atoms with Crippen molar-refractivity contribution in [2.75, 3.05) is 13.2 Å². The Balaban J connectivity index is 0.00000338. The molecule has 6 heteroatoms. The lowest BCUT2D eigenvalue weighted by atomic mass is 9.85. The summed E-state index contributed by atoms with van der Waals surface area (Å²) in [4.78, 5) is 24.8. The van der Waals surface area contributed by atoms with E-state index in [1.165, 1.54) is 0 Å². The summed E-state index contributed by atoms with van der Waals surface area (Å²) < 4.78 is 0. The van der Waals surface area contributed by atoms with E-state index in [2.05, 4.69) is 0 Å². The van der Waals surface area contributed by atoms with Crippen LogP contribution in [-0.2, 0) is 0 Å². The van der Waals surface area contributed by atoms with E-state index in [-0.39, 0.29) is 61.0 Å². The number of ketones is 2. The second kappa shape index (κ2) is 10.3. The summed E-state index contributed by atoms with van der Waals surface area (Å²) in [6.45, 7) is -0.289. The number of aliphatic hydroxyl groups is 2. The zero-order chi connectivity index (χ0) is 18.3. The van der Waals surface area contributed by atoms with Gasteiger partial charge in [-0.25, -0.2) is 0 Å². The molecule has 0 bridgehead atoms. The SMILES string of the molecule is Br.NC(CCO)(CCO)CC(=O)c1ccc(C(=O)c2ccccc2)cc1. The van der Waals surface area contributed by atoms with Gasteiger partial charge in [0, 0.05) is 41.9 Å². The Morgan fingerprint density at radius 1 is 0.808 bits per heavy atom. The van der Waals surface area contributed by atoms with Gasteiger partial charge in [0.25, 0.3) is 0 Å². The molecule has 2 aromatic rings. The average molecular weight is 422 g/mol. The Bertz CT molecular complexity index is 710. The molecule has 0 unspecified atom stereocenters. The molecule has 0 aromatic heterocycles. The molecule has 2 aromatic carbocycles. The molecule has 2 rings (SSSR count). The molecule has 5 nitrogen and oxygen atoms in total. The smallest absolute Gasteiger partial charge is 0.193 e. The van der Waals surface area contributed by atoms with E-state index in [9.17, 15) is 9.59 Å². The monoisotopic (exact) mass is 421 g/mol. The zero-order valence-electron chi connectivity index (χ0n) is 14.4. The van der Waals surface area contributed by atoms with Crippen LogP contribution in [0.1, 0.15) is 45.5 Å². The van der Waals surface area contributed by atoms with Crippen LogP contribution in [0, 0.1) is 0 Å². The first-order valence-electron chi connectivity index (χ1n) is 8.23. The number of Topliss-reactive ketones (excluding diaryl/α,β-unsaturated/α-hetero) is 1. The van der Waals surface area contributed by atoms with Crippen LogP contribution in [0.2, 0.25) is 0 Å².